The molecule has 12 nitrogen and oxygen atoms in total. The van der Waals surface area contributed by atoms with Crippen molar-refractivity contribution in [2.45, 2.75) is 38.3 Å². The molecule has 2 N–H and O–H groups in total. The van der Waals surface area contributed by atoms with Gasteiger partial charge in [0.15, 0.2) is 12.2 Å². The summed E-state index contributed by atoms with van der Waals surface area (Å²) in [5, 5.41) is 4.91. The first-order chi connectivity index (χ1) is 15.2. The van der Waals surface area contributed by atoms with Gasteiger partial charge in [-0.1, -0.05) is 13.2 Å². The zero-order valence-electron chi connectivity index (χ0n) is 18.0. The van der Waals surface area contributed by atoms with Crippen molar-refractivity contribution in [1.29, 1.82) is 0 Å². The van der Waals surface area contributed by atoms with Crippen molar-refractivity contribution >= 4 is 24.1 Å². The van der Waals surface area contributed by atoms with Gasteiger partial charge in [0, 0.05) is 11.1 Å². The number of esters is 2. The van der Waals surface area contributed by atoms with E-state index in [-0.39, 0.29) is 50.7 Å². The summed E-state index contributed by atoms with van der Waals surface area (Å²) in [6.45, 7) is 10.2. The number of hydrogen-bond acceptors (Lipinski definition) is 10. The van der Waals surface area contributed by atoms with Crippen molar-refractivity contribution in [1.82, 2.24) is 10.6 Å². The van der Waals surface area contributed by atoms with E-state index in [0.717, 1.165) is 0 Å². The van der Waals surface area contributed by atoms with E-state index >= 15 is 0 Å². The third-order valence-electron chi connectivity index (χ3n) is 4.39. The number of alkyl carbamates (subject to hydrolysis) is 2. The van der Waals surface area contributed by atoms with Crippen LogP contribution < -0.4 is 10.6 Å². The van der Waals surface area contributed by atoms with E-state index in [1.807, 2.05) is 0 Å². The van der Waals surface area contributed by atoms with Gasteiger partial charge < -0.3 is 39.1 Å². The van der Waals surface area contributed by atoms with Crippen LogP contribution in [0.5, 0.6) is 0 Å². The molecule has 178 valence electrons. The Morgan fingerprint density at radius 1 is 0.781 bits per heavy atom. The standard InChI is InChI=1S/C20H28N2O10/c1-11(2)17(23)27-7-5-21-19(25)31-13-9-29-16-14(10-30-15(13)16)32-20(26)22-6-8-28-18(24)12(3)4/h13-16H,1,3,5-10H2,2,4H3,(H,21,25)(H,22,26). The number of fused-ring (bicyclic) bond motifs is 1. The highest BCUT2D eigenvalue weighted by Gasteiger charge is 2.51. The van der Waals surface area contributed by atoms with Crippen molar-refractivity contribution in [3.63, 3.8) is 0 Å². The maximum absolute atomic E-state index is 11.9. The zero-order chi connectivity index (χ0) is 23.7. The summed E-state index contributed by atoms with van der Waals surface area (Å²) in [4.78, 5) is 46.4. The SMILES string of the molecule is C=C(C)C(=O)OCCNC(=O)OC1COC2C(OC(=O)NCCOC(=O)C(=C)C)COC12. The molecular weight excluding hydrogens is 428 g/mol. The summed E-state index contributed by atoms with van der Waals surface area (Å²) >= 11 is 0. The monoisotopic (exact) mass is 456 g/mol. The first-order valence-electron chi connectivity index (χ1n) is 9.96. The van der Waals surface area contributed by atoms with Crippen LogP contribution in [0.1, 0.15) is 13.8 Å². The number of carbonyl (C=O) groups is 4. The van der Waals surface area contributed by atoms with Gasteiger partial charge in [0.25, 0.3) is 0 Å². The minimum Gasteiger partial charge on any atom is -0.460 e. The molecule has 0 bridgehead atoms. The van der Waals surface area contributed by atoms with Crippen LogP contribution in [0.4, 0.5) is 9.59 Å². The Balaban J connectivity index is 1.65. The van der Waals surface area contributed by atoms with Gasteiger partial charge in [-0.25, -0.2) is 19.2 Å². The topological polar surface area (TPSA) is 148 Å². The van der Waals surface area contributed by atoms with Crippen LogP contribution in [0.2, 0.25) is 0 Å². The first-order valence-corrected chi connectivity index (χ1v) is 9.96. The lowest BCUT2D eigenvalue weighted by molar-refractivity contribution is -0.139. The molecular formula is C20H28N2O10. The fourth-order valence-corrected chi connectivity index (χ4v) is 2.83. The summed E-state index contributed by atoms with van der Waals surface area (Å²) in [6, 6.07) is 0. The summed E-state index contributed by atoms with van der Waals surface area (Å²) < 4.78 is 31.4. The molecule has 0 aliphatic carbocycles. The van der Waals surface area contributed by atoms with Crippen molar-refractivity contribution in [3.8, 4) is 0 Å². The smallest absolute Gasteiger partial charge is 0.407 e. The second-order valence-electron chi connectivity index (χ2n) is 7.17. The van der Waals surface area contributed by atoms with Crippen LogP contribution in [0.25, 0.3) is 0 Å². The molecule has 2 aliphatic heterocycles. The Hall–Kier alpha value is -3.12. The lowest BCUT2D eigenvalue weighted by Gasteiger charge is -2.17. The highest BCUT2D eigenvalue weighted by atomic mass is 16.7. The second kappa shape index (κ2) is 12.1. The van der Waals surface area contributed by atoms with Gasteiger partial charge in [0.05, 0.1) is 26.3 Å². The summed E-state index contributed by atoms with van der Waals surface area (Å²) in [7, 11) is 0. The van der Waals surface area contributed by atoms with Gasteiger partial charge in [-0.05, 0) is 13.8 Å². The van der Waals surface area contributed by atoms with Crippen LogP contribution in [-0.2, 0) is 38.0 Å². The molecule has 0 spiro atoms. The maximum Gasteiger partial charge on any atom is 0.407 e. The van der Waals surface area contributed by atoms with Crippen molar-refractivity contribution in [3.05, 3.63) is 24.3 Å². The molecule has 4 unspecified atom stereocenters. The predicted molar refractivity (Wildman–Crippen MR) is 108 cm³/mol. The highest BCUT2D eigenvalue weighted by Crippen LogP contribution is 2.30. The number of ether oxygens (including phenoxy) is 6. The van der Waals surface area contributed by atoms with Crippen LogP contribution >= 0.6 is 0 Å². The Labute approximate surface area is 185 Å². The van der Waals surface area contributed by atoms with Gasteiger partial charge in [0.2, 0.25) is 0 Å². The van der Waals surface area contributed by atoms with E-state index in [9.17, 15) is 19.2 Å². The Morgan fingerprint density at radius 2 is 1.16 bits per heavy atom. The number of nitrogens with one attached hydrogen (secondary N) is 2. The zero-order valence-corrected chi connectivity index (χ0v) is 18.0. The van der Waals surface area contributed by atoms with Crippen LogP contribution in [0.15, 0.2) is 24.3 Å². The van der Waals surface area contributed by atoms with E-state index in [0.29, 0.717) is 0 Å². The first kappa shape index (κ1) is 25.1. The van der Waals surface area contributed by atoms with Crippen molar-refractivity contribution in [2.24, 2.45) is 0 Å². The Kier molecular flexibility index (Phi) is 9.47. The number of rotatable bonds is 10. The molecule has 0 saturated carbocycles. The fraction of sp³-hybridized carbons (Fsp3) is 0.600. The Morgan fingerprint density at radius 3 is 1.50 bits per heavy atom. The van der Waals surface area contributed by atoms with E-state index in [4.69, 9.17) is 28.4 Å². The molecule has 2 rings (SSSR count). The normalized spacial score (nSPS) is 23.4. The molecule has 12 heteroatoms. The third kappa shape index (κ3) is 7.54. The van der Waals surface area contributed by atoms with Crippen LogP contribution in [0.3, 0.4) is 0 Å². The van der Waals surface area contributed by atoms with Crippen LogP contribution in [-0.4, -0.2) is 88.1 Å². The van der Waals surface area contributed by atoms with Gasteiger partial charge >= 0.3 is 24.1 Å². The Bertz CT molecular complexity index is 691. The molecule has 0 aromatic rings. The lowest BCUT2D eigenvalue weighted by atomic mass is 10.1. The summed E-state index contributed by atoms with van der Waals surface area (Å²) in [6.07, 6.45) is -3.98. The largest absolute Gasteiger partial charge is 0.460 e. The number of amides is 2. The average molecular weight is 456 g/mol. The summed E-state index contributed by atoms with van der Waals surface area (Å²) in [5.74, 6) is -1.09. The molecule has 0 radical (unpaired) electrons. The second-order valence-corrected chi connectivity index (χ2v) is 7.17. The summed E-state index contributed by atoms with van der Waals surface area (Å²) in [5.41, 5.74) is 0.522. The van der Waals surface area contributed by atoms with E-state index < -0.39 is 48.5 Å². The lowest BCUT2D eigenvalue weighted by Crippen LogP contribution is -2.40. The molecule has 2 heterocycles. The average Bonchev–Trinajstić information content (AvgIpc) is 3.31. The molecule has 0 aromatic heterocycles. The molecule has 4 atom stereocenters. The molecule has 2 fully saturated rings. The van der Waals surface area contributed by atoms with Gasteiger partial charge in [0.1, 0.15) is 25.4 Å². The molecule has 0 aromatic carbocycles. The molecule has 2 amide bonds. The number of carbonyl (C=O) groups excluding carboxylic acids is 4. The van der Waals surface area contributed by atoms with Gasteiger partial charge in [-0.2, -0.15) is 0 Å². The van der Waals surface area contributed by atoms with E-state index in [2.05, 4.69) is 23.8 Å². The minimum atomic E-state index is -0.722. The minimum absolute atomic E-state index is 0.0259. The maximum atomic E-state index is 11.9. The van der Waals surface area contributed by atoms with Crippen LogP contribution in [0, 0.1) is 0 Å². The van der Waals surface area contributed by atoms with Gasteiger partial charge in [-0.15, -0.1) is 0 Å². The molecule has 2 aliphatic rings. The van der Waals surface area contributed by atoms with Crippen molar-refractivity contribution < 1.29 is 47.6 Å². The number of hydrogen-bond donors (Lipinski definition) is 2. The highest BCUT2D eigenvalue weighted by molar-refractivity contribution is 5.87. The van der Waals surface area contributed by atoms with E-state index in [1.54, 1.807) is 0 Å². The third-order valence-corrected chi connectivity index (χ3v) is 4.39. The quantitative estimate of drug-likeness (QED) is 0.202. The predicted octanol–water partition coefficient (Wildman–Crippen LogP) is 0.212. The fourth-order valence-electron chi connectivity index (χ4n) is 2.83. The van der Waals surface area contributed by atoms with Gasteiger partial charge in [-0.3, -0.25) is 0 Å². The molecule has 2 saturated heterocycles. The van der Waals surface area contributed by atoms with Crippen molar-refractivity contribution in [2.75, 3.05) is 39.5 Å². The molecule has 32 heavy (non-hydrogen) atoms. The van der Waals surface area contributed by atoms with E-state index in [1.165, 1.54) is 13.8 Å².